The van der Waals surface area contributed by atoms with Crippen LogP contribution in [-0.4, -0.2) is 29.5 Å². The van der Waals surface area contributed by atoms with Gasteiger partial charge >= 0.3 is 6.18 Å². The number of hydrogen-bond acceptors (Lipinski definition) is 3. The first-order valence-corrected chi connectivity index (χ1v) is 6.05. The number of hydrogen-bond donors (Lipinski definition) is 2. The van der Waals surface area contributed by atoms with Crippen molar-refractivity contribution in [2.75, 3.05) is 13.1 Å². The molecule has 1 heterocycles. The van der Waals surface area contributed by atoms with Crippen molar-refractivity contribution < 1.29 is 22.8 Å². The third-order valence-electron chi connectivity index (χ3n) is 2.44. The van der Waals surface area contributed by atoms with Crippen LogP contribution in [0, 0.1) is 0 Å². The summed E-state index contributed by atoms with van der Waals surface area (Å²) in [5.41, 5.74) is -1.77. The Balaban J connectivity index is 2.72. The zero-order valence-corrected chi connectivity index (χ0v) is 11.2. The van der Waals surface area contributed by atoms with Crippen LogP contribution in [0.25, 0.3) is 0 Å². The summed E-state index contributed by atoms with van der Waals surface area (Å²) < 4.78 is 38.2. The van der Waals surface area contributed by atoms with Crippen molar-refractivity contribution in [3.63, 3.8) is 0 Å². The minimum absolute atomic E-state index is 0.305. The van der Waals surface area contributed by atoms with Gasteiger partial charge in [-0.3, -0.25) is 14.4 Å². The molecule has 0 aliphatic carbocycles. The second kappa shape index (κ2) is 6.91. The summed E-state index contributed by atoms with van der Waals surface area (Å²) in [5, 5.41) is 4.64. The van der Waals surface area contributed by atoms with Crippen LogP contribution in [0.2, 0.25) is 0 Å². The number of carbonyl (C=O) groups is 2. The molecule has 21 heavy (non-hydrogen) atoms. The molecule has 1 rings (SSSR count). The lowest BCUT2D eigenvalue weighted by atomic mass is 10.3. The number of likely N-dealkylation sites (N-methyl/N-ethyl adjacent to an activating group) is 1. The van der Waals surface area contributed by atoms with Gasteiger partial charge in [0.25, 0.3) is 5.56 Å². The van der Waals surface area contributed by atoms with Crippen LogP contribution >= 0.6 is 0 Å². The molecule has 6 nitrogen and oxygen atoms in total. The first-order chi connectivity index (χ1) is 9.74. The second-order valence-corrected chi connectivity index (χ2v) is 4.11. The summed E-state index contributed by atoms with van der Waals surface area (Å²) in [5.74, 6) is -1.16. The number of pyridine rings is 1. The largest absolute Gasteiger partial charge is 0.417 e. The van der Waals surface area contributed by atoms with Crippen LogP contribution in [0.3, 0.4) is 0 Å². The number of amides is 2. The molecule has 9 heteroatoms. The van der Waals surface area contributed by atoms with Crippen molar-refractivity contribution in [2.45, 2.75) is 19.6 Å². The van der Waals surface area contributed by atoms with Crippen LogP contribution < -0.4 is 16.2 Å². The molecular weight excluding hydrogens is 291 g/mol. The van der Waals surface area contributed by atoms with Gasteiger partial charge in [0.1, 0.15) is 6.54 Å². The number of alkyl halides is 3. The van der Waals surface area contributed by atoms with Gasteiger partial charge in [-0.25, -0.2) is 0 Å². The Labute approximate surface area is 117 Å². The number of nitrogens with zero attached hydrogens (tertiary/aromatic N) is 1. The molecule has 1 aromatic heterocycles. The summed E-state index contributed by atoms with van der Waals surface area (Å²) in [6.45, 7) is 1.19. The van der Waals surface area contributed by atoms with E-state index in [0.717, 1.165) is 6.07 Å². The van der Waals surface area contributed by atoms with E-state index in [4.69, 9.17) is 0 Å². The van der Waals surface area contributed by atoms with Gasteiger partial charge in [0.15, 0.2) is 0 Å². The minimum Gasteiger partial charge on any atom is -0.355 e. The van der Waals surface area contributed by atoms with Crippen LogP contribution in [0.4, 0.5) is 13.2 Å². The van der Waals surface area contributed by atoms with E-state index in [0.29, 0.717) is 23.4 Å². The predicted octanol–water partition coefficient (Wildman–Crippen LogP) is 0.119. The SMILES string of the molecule is CCNC(=O)CNC(=O)Cn1cc(C(F)(F)F)ccc1=O. The third kappa shape index (κ3) is 5.28. The summed E-state index contributed by atoms with van der Waals surface area (Å²) >= 11 is 0. The maximum Gasteiger partial charge on any atom is 0.417 e. The highest BCUT2D eigenvalue weighted by atomic mass is 19.4. The maximum atomic E-state index is 12.5. The summed E-state index contributed by atoms with van der Waals surface area (Å²) in [6, 6.07) is 1.38. The lowest BCUT2D eigenvalue weighted by molar-refractivity contribution is -0.138. The molecular formula is C12H14F3N3O3. The van der Waals surface area contributed by atoms with Gasteiger partial charge in [0, 0.05) is 18.8 Å². The highest BCUT2D eigenvalue weighted by Gasteiger charge is 2.31. The van der Waals surface area contributed by atoms with Gasteiger partial charge < -0.3 is 15.2 Å². The van der Waals surface area contributed by atoms with Gasteiger partial charge in [-0.2, -0.15) is 13.2 Å². The summed E-state index contributed by atoms with van der Waals surface area (Å²) in [6.07, 6.45) is -4.04. The van der Waals surface area contributed by atoms with Gasteiger partial charge in [-0.1, -0.05) is 0 Å². The molecule has 116 valence electrons. The van der Waals surface area contributed by atoms with Crippen LogP contribution in [-0.2, 0) is 22.3 Å². The monoisotopic (exact) mass is 305 g/mol. The van der Waals surface area contributed by atoms with E-state index in [1.165, 1.54) is 0 Å². The fourth-order valence-electron chi connectivity index (χ4n) is 1.47. The molecule has 0 aliphatic rings. The molecule has 0 saturated heterocycles. The topological polar surface area (TPSA) is 80.2 Å². The zero-order valence-electron chi connectivity index (χ0n) is 11.2. The number of nitrogens with one attached hydrogen (secondary N) is 2. The average Bonchev–Trinajstić information content (AvgIpc) is 2.38. The van der Waals surface area contributed by atoms with E-state index in [2.05, 4.69) is 10.6 Å². The molecule has 2 N–H and O–H groups in total. The average molecular weight is 305 g/mol. The summed E-state index contributed by atoms with van der Waals surface area (Å²) in [7, 11) is 0. The molecule has 0 fully saturated rings. The fraction of sp³-hybridized carbons (Fsp3) is 0.417. The van der Waals surface area contributed by atoms with Crippen molar-refractivity contribution in [1.82, 2.24) is 15.2 Å². The first kappa shape index (κ1) is 16.7. The highest BCUT2D eigenvalue weighted by Crippen LogP contribution is 2.27. The Morgan fingerprint density at radius 3 is 2.43 bits per heavy atom. The lowest BCUT2D eigenvalue weighted by Gasteiger charge is -2.10. The molecule has 1 aromatic rings. The minimum atomic E-state index is -4.60. The second-order valence-electron chi connectivity index (χ2n) is 4.11. The molecule has 0 aromatic carbocycles. The Bertz CT molecular complexity index is 581. The predicted molar refractivity (Wildman–Crippen MR) is 67.4 cm³/mol. The van der Waals surface area contributed by atoms with E-state index < -0.39 is 35.7 Å². The van der Waals surface area contributed by atoms with Crippen molar-refractivity contribution in [1.29, 1.82) is 0 Å². The Morgan fingerprint density at radius 1 is 1.19 bits per heavy atom. The molecule has 2 amide bonds. The van der Waals surface area contributed by atoms with Gasteiger partial charge in [0.05, 0.1) is 12.1 Å². The van der Waals surface area contributed by atoms with Gasteiger partial charge in [-0.05, 0) is 13.0 Å². The van der Waals surface area contributed by atoms with Crippen molar-refractivity contribution in [2.24, 2.45) is 0 Å². The number of carbonyl (C=O) groups excluding carboxylic acids is 2. The highest BCUT2D eigenvalue weighted by molar-refractivity contribution is 5.84. The number of aromatic nitrogens is 1. The third-order valence-corrected chi connectivity index (χ3v) is 2.44. The Morgan fingerprint density at radius 2 is 1.86 bits per heavy atom. The van der Waals surface area contributed by atoms with Gasteiger partial charge in [0.2, 0.25) is 11.8 Å². The van der Waals surface area contributed by atoms with Crippen LogP contribution in [0.1, 0.15) is 12.5 Å². The van der Waals surface area contributed by atoms with E-state index >= 15 is 0 Å². The molecule has 0 unspecified atom stereocenters. The maximum absolute atomic E-state index is 12.5. The fourth-order valence-corrected chi connectivity index (χ4v) is 1.47. The number of rotatable bonds is 5. The van der Waals surface area contributed by atoms with E-state index in [1.807, 2.05) is 0 Å². The van der Waals surface area contributed by atoms with E-state index in [9.17, 15) is 27.6 Å². The van der Waals surface area contributed by atoms with Crippen LogP contribution in [0.15, 0.2) is 23.1 Å². The zero-order chi connectivity index (χ0) is 16.0. The summed E-state index contributed by atoms with van der Waals surface area (Å²) in [4.78, 5) is 34.0. The Hall–Kier alpha value is -2.32. The Kier molecular flexibility index (Phi) is 5.51. The van der Waals surface area contributed by atoms with Crippen molar-refractivity contribution in [3.8, 4) is 0 Å². The molecule has 0 radical (unpaired) electrons. The molecule has 0 saturated carbocycles. The number of halogens is 3. The van der Waals surface area contributed by atoms with Gasteiger partial charge in [-0.15, -0.1) is 0 Å². The molecule has 0 aliphatic heterocycles. The quantitative estimate of drug-likeness (QED) is 0.811. The molecule has 0 spiro atoms. The standard InChI is InChI=1S/C12H14F3N3O3/c1-2-16-9(19)5-17-10(20)7-18-6-8(12(13,14)15)3-4-11(18)21/h3-4,6H,2,5,7H2,1H3,(H,16,19)(H,17,20). The molecule has 0 bridgehead atoms. The first-order valence-electron chi connectivity index (χ1n) is 6.05. The van der Waals surface area contributed by atoms with Crippen molar-refractivity contribution >= 4 is 11.8 Å². The molecule has 0 atom stereocenters. The van der Waals surface area contributed by atoms with Crippen molar-refractivity contribution in [3.05, 3.63) is 34.2 Å². The van der Waals surface area contributed by atoms with E-state index in [1.54, 1.807) is 6.92 Å². The van der Waals surface area contributed by atoms with E-state index in [-0.39, 0.29) is 6.54 Å². The normalized spacial score (nSPS) is 11.0. The van der Waals surface area contributed by atoms with Crippen LogP contribution in [0.5, 0.6) is 0 Å². The smallest absolute Gasteiger partial charge is 0.355 e. The lowest BCUT2D eigenvalue weighted by Crippen LogP contribution is -2.39.